The molecule has 4 nitrogen and oxygen atoms in total. The second-order valence-corrected chi connectivity index (χ2v) is 4.92. The Kier molecular flexibility index (Phi) is 5.35. The molecule has 0 saturated carbocycles. The molecule has 1 aliphatic rings. The lowest BCUT2D eigenvalue weighted by atomic mass is 10.2. The number of carbonyl (C=O) groups excluding carboxylic acids is 1. The van der Waals surface area contributed by atoms with E-state index in [-0.39, 0.29) is 18.3 Å². The van der Waals surface area contributed by atoms with Gasteiger partial charge in [-0.05, 0) is 37.1 Å². The van der Waals surface area contributed by atoms with Gasteiger partial charge in [-0.15, -0.1) is 0 Å². The zero-order valence-electron chi connectivity index (χ0n) is 11.8. The number of nitrogens with one attached hydrogen (secondary N) is 1. The molecule has 0 aromatic heterocycles. The molecule has 0 spiro atoms. The fraction of sp³-hybridized carbons (Fsp3) is 0.533. The Morgan fingerprint density at radius 1 is 1.40 bits per heavy atom. The molecule has 2 rings (SSSR count). The number of amides is 1. The van der Waals surface area contributed by atoms with Crippen molar-refractivity contribution in [3.05, 3.63) is 29.6 Å². The summed E-state index contributed by atoms with van der Waals surface area (Å²) in [6.45, 7) is 4.94. The molecule has 5 heteroatoms. The molecule has 1 aliphatic heterocycles. The van der Waals surface area contributed by atoms with Gasteiger partial charge in [0.2, 0.25) is 0 Å². The summed E-state index contributed by atoms with van der Waals surface area (Å²) in [6.07, 6.45) is 2.08. The lowest BCUT2D eigenvalue weighted by Gasteiger charge is -2.15. The van der Waals surface area contributed by atoms with Crippen LogP contribution in [-0.2, 0) is 11.3 Å². The summed E-state index contributed by atoms with van der Waals surface area (Å²) in [7, 11) is 0. The van der Waals surface area contributed by atoms with E-state index in [0.717, 1.165) is 38.0 Å². The quantitative estimate of drug-likeness (QED) is 0.866. The van der Waals surface area contributed by atoms with Crippen LogP contribution < -0.4 is 10.1 Å². The molecule has 110 valence electrons. The Labute approximate surface area is 118 Å². The minimum absolute atomic E-state index is 0.0707. The van der Waals surface area contributed by atoms with Gasteiger partial charge in [0.15, 0.2) is 18.2 Å². The van der Waals surface area contributed by atoms with Crippen molar-refractivity contribution in [1.29, 1.82) is 0 Å². The Hall–Kier alpha value is -1.62. The SMILES string of the molecule is CCNCc1ccc(OCC(=O)N2CCCC2)c(F)c1. The van der Waals surface area contributed by atoms with Crippen LogP contribution in [-0.4, -0.2) is 37.0 Å². The van der Waals surface area contributed by atoms with Crippen LogP contribution in [0.2, 0.25) is 0 Å². The summed E-state index contributed by atoms with van der Waals surface area (Å²) < 4.78 is 19.1. The maximum Gasteiger partial charge on any atom is 0.260 e. The highest BCUT2D eigenvalue weighted by Gasteiger charge is 2.18. The van der Waals surface area contributed by atoms with E-state index in [2.05, 4.69) is 5.32 Å². The average molecular weight is 280 g/mol. The highest BCUT2D eigenvalue weighted by molar-refractivity contribution is 5.78. The van der Waals surface area contributed by atoms with Crippen molar-refractivity contribution >= 4 is 5.91 Å². The van der Waals surface area contributed by atoms with E-state index in [9.17, 15) is 9.18 Å². The predicted octanol–water partition coefficient (Wildman–Crippen LogP) is 1.94. The van der Waals surface area contributed by atoms with Crippen molar-refractivity contribution in [3.8, 4) is 5.75 Å². The standard InChI is InChI=1S/C15H21FN2O2/c1-2-17-10-12-5-6-14(13(16)9-12)20-11-15(19)18-7-3-4-8-18/h5-6,9,17H,2-4,7-8,10-11H2,1H3. The van der Waals surface area contributed by atoms with E-state index in [1.165, 1.54) is 6.07 Å². The van der Waals surface area contributed by atoms with Gasteiger partial charge in [-0.3, -0.25) is 4.79 Å². The van der Waals surface area contributed by atoms with Gasteiger partial charge in [-0.1, -0.05) is 13.0 Å². The largest absolute Gasteiger partial charge is 0.481 e. The summed E-state index contributed by atoms with van der Waals surface area (Å²) in [4.78, 5) is 13.6. The summed E-state index contributed by atoms with van der Waals surface area (Å²) in [5.74, 6) is -0.356. The Morgan fingerprint density at radius 2 is 2.15 bits per heavy atom. The van der Waals surface area contributed by atoms with Crippen molar-refractivity contribution in [3.63, 3.8) is 0 Å². The molecular weight excluding hydrogens is 259 g/mol. The number of hydrogen-bond donors (Lipinski definition) is 1. The third-order valence-corrected chi connectivity index (χ3v) is 3.39. The number of halogens is 1. The van der Waals surface area contributed by atoms with Gasteiger partial charge < -0.3 is 15.0 Å². The van der Waals surface area contributed by atoms with Crippen LogP contribution in [0.15, 0.2) is 18.2 Å². The van der Waals surface area contributed by atoms with Crippen LogP contribution in [0.1, 0.15) is 25.3 Å². The highest BCUT2D eigenvalue weighted by Crippen LogP contribution is 2.18. The molecule has 1 amide bonds. The first-order valence-electron chi connectivity index (χ1n) is 7.10. The van der Waals surface area contributed by atoms with Crippen LogP contribution in [0, 0.1) is 5.82 Å². The molecule has 0 aliphatic carbocycles. The number of likely N-dealkylation sites (tertiary alicyclic amines) is 1. The Bertz CT molecular complexity index is 459. The molecular formula is C15H21FN2O2. The lowest BCUT2D eigenvalue weighted by Crippen LogP contribution is -2.32. The van der Waals surface area contributed by atoms with Gasteiger partial charge in [0.25, 0.3) is 5.91 Å². The van der Waals surface area contributed by atoms with Crippen molar-refractivity contribution in [2.45, 2.75) is 26.3 Å². The van der Waals surface area contributed by atoms with Gasteiger partial charge in [-0.25, -0.2) is 4.39 Å². The molecule has 0 atom stereocenters. The van der Waals surface area contributed by atoms with Crippen LogP contribution in [0.3, 0.4) is 0 Å². The lowest BCUT2D eigenvalue weighted by molar-refractivity contribution is -0.132. The molecule has 1 fully saturated rings. The second-order valence-electron chi connectivity index (χ2n) is 4.92. The zero-order valence-corrected chi connectivity index (χ0v) is 11.8. The third kappa shape index (κ3) is 3.93. The van der Waals surface area contributed by atoms with Gasteiger partial charge >= 0.3 is 0 Å². The Morgan fingerprint density at radius 3 is 2.80 bits per heavy atom. The van der Waals surface area contributed by atoms with Crippen molar-refractivity contribution in [1.82, 2.24) is 10.2 Å². The summed E-state index contributed by atoms with van der Waals surface area (Å²) >= 11 is 0. The molecule has 1 saturated heterocycles. The molecule has 20 heavy (non-hydrogen) atoms. The molecule has 1 heterocycles. The maximum atomic E-state index is 13.8. The van der Waals surface area contributed by atoms with E-state index in [4.69, 9.17) is 4.74 Å². The number of carbonyl (C=O) groups is 1. The van der Waals surface area contributed by atoms with E-state index in [0.29, 0.717) is 6.54 Å². The average Bonchev–Trinajstić information content (AvgIpc) is 2.98. The summed E-state index contributed by atoms with van der Waals surface area (Å²) in [5.41, 5.74) is 0.863. The predicted molar refractivity (Wildman–Crippen MR) is 75.1 cm³/mol. The smallest absolute Gasteiger partial charge is 0.260 e. The van der Waals surface area contributed by atoms with Crippen molar-refractivity contribution < 1.29 is 13.9 Å². The number of ether oxygens (including phenoxy) is 1. The summed E-state index contributed by atoms with van der Waals surface area (Å²) in [5, 5.41) is 3.13. The van der Waals surface area contributed by atoms with Crippen LogP contribution >= 0.6 is 0 Å². The first-order valence-corrected chi connectivity index (χ1v) is 7.10. The van der Waals surface area contributed by atoms with Crippen LogP contribution in [0.4, 0.5) is 4.39 Å². The number of hydrogen-bond acceptors (Lipinski definition) is 3. The fourth-order valence-corrected chi connectivity index (χ4v) is 2.24. The van der Waals surface area contributed by atoms with Gasteiger partial charge in [0.1, 0.15) is 0 Å². The Balaban J connectivity index is 1.87. The molecule has 1 aromatic rings. The van der Waals surface area contributed by atoms with Crippen LogP contribution in [0.25, 0.3) is 0 Å². The van der Waals surface area contributed by atoms with Crippen molar-refractivity contribution in [2.75, 3.05) is 26.2 Å². The molecule has 1 N–H and O–H groups in total. The minimum atomic E-state index is -0.422. The summed E-state index contributed by atoms with van der Waals surface area (Å²) in [6, 6.07) is 4.83. The maximum absolute atomic E-state index is 13.8. The first-order chi connectivity index (χ1) is 9.70. The van der Waals surface area contributed by atoms with Gasteiger partial charge in [0.05, 0.1) is 0 Å². The van der Waals surface area contributed by atoms with Crippen molar-refractivity contribution in [2.24, 2.45) is 0 Å². The molecule has 0 bridgehead atoms. The third-order valence-electron chi connectivity index (χ3n) is 3.39. The van der Waals surface area contributed by atoms with E-state index in [1.807, 2.05) is 6.92 Å². The van der Waals surface area contributed by atoms with Gasteiger partial charge in [-0.2, -0.15) is 0 Å². The second kappa shape index (κ2) is 7.24. The minimum Gasteiger partial charge on any atom is -0.481 e. The highest BCUT2D eigenvalue weighted by atomic mass is 19.1. The van der Waals surface area contributed by atoms with E-state index >= 15 is 0 Å². The van der Waals surface area contributed by atoms with E-state index in [1.54, 1.807) is 17.0 Å². The number of benzene rings is 1. The monoisotopic (exact) mass is 280 g/mol. The topological polar surface area (TPSA) is 41.6 Å². The van der Waals surface area contributed by atoms with E-state index < -0.39 is 5.82 Å². The van der Waals surface area contributed by atoms with Crippen LogP contribution in [0.5, 0.6) is 5.75 Å². The molecule has 1 aromatic carbocycles. The number of rotatable bonds is 6. The molecule has 0 unspecified atom stereocenters. The molecule has 0 radical (unpaired) electrons. The zero-order chi connectivity index (χ0) is 14.4. The fourth-order valence-electron chi connectivity index (χ4n) is 2.24. The first kappa shape index (κ1) is 14.8. The van der Waals surface area contributed by atoms with Gasteiger partial charge in [0, 0.05) is 19.6 Å². The number of nitrogens with zero attached hydrogens (tertiary/aromatic N) is 1. The normalized spacial score (nSPS) is 14.6.